The molecule has 0 saturated heterocycles. The van der Waals surface area contributed by atoms with Crippen molar-refractivity contribution in [1.82, 2.24) is 0 Å². The van der Waals surface area contributed by atoms with Crippen LogP contribution in [0.25, 0.3) is 0 Å². The molecule has 4 heteroatoms. The number of hydrogen-bond acceptors (Lipinski definition) is 2. The molecule has 2 rings (SSSR count). The van der Waals surface area contributed by atoms with Crippen LogP contribution < -0.4 is 5.73 Å². The quantitative estimate of drug-likeness (QED) is 0.899. The summed E-state index contributed by atoms with van der Waals surface area (Å²) in [5.41, 5.74) is 8.71. The van der Waals surface area contributed by atoms with E-state index in [1.807, 2.05) is 24.3 Å². The van der Waals surface area contributed by atoms with Crippen molar-refractivity contribution >= 4 is 15.9 Å². The van der Waals surface area contributed by atoms with Gasteiger partial charge in [-0.2, -0.15) is 0 Å². The fraction of sp³-hybridized carbons (Fsp3) is 0.250. The summed E-state index contributed by atoms with van der Waals surface area (Å²) in [7, 11) is 1.68. The minimum atomic E-state index is -0.469. The first-order valence-corrected chi connectivity index (χ1v) is 7.19. The SMILES string of the molecule is COCCc1ccc(C(N)c2cc(Br)ccc2F)cc1. The van der Waals surface area contributed by atoms with Crippen LogP contribution in [0.5, 0.6) is 0 Å². The second-order valence-corrected chi connectivity index (χ2v) is 5.54. The van der Waals surface area contributed by atoms with Gasteiger partial charge in [-0.1, -0.05) is 40.2 Å². The van der Waals surface area contributed by atoms with Gasteiger partial charge in [-0.25, -0.2) is 4.39 Å². The van der Waals surface area contributed by atoms with Crippen LogP contribution in [0.1, 0.15) is 22.7 Å². The molecule has 0 fully saturated rings. The lowest BCUT2D eigenvalue weighted by Crippen LogP contribution is -2.13. The summed E-state index contributed by atoms with van der Waals surface area (Å²) in [4.78, 5) is 0. The third-order valence-corrected chi connectivity index (χ3v) is 3.72. The highest BCUT2D eigenvalue weighted by atomic mass is 79.9. The molecule has 1 unspecified atom stereocenters. The average Bonchev–Trinajstić information content (AvgIpc) is 2.47. The fourth-order valence-corrected chi connectivity index (χ4v) is 2.42. The van der Waals surface area contributed by atoms with Crippen LogP contribution >= 0.6 is 15.9 Å². The third-order valence-electron chi connectivity index (χ3n) is 3.23. The van der Waals surface area contributed by atoms with Crippen molar-refractivity contribution in [3.05, 3.63) is 69.4 Å². The number of hydrogen-bond donors (Lipinski definition) is 1. The lowest BCUT2D eigenvalue weighted by Gasteiger charge is -2.14. The molecule has 0 aromatic heterocycles. The summed E-state index contributed by atoms with van der Waals surface area (Å²) in [6, 6.07) is 12.2. The summed E-state index contributed by atoms with van der Waals surface area (Å²) < 4.78 is 19.7. The molecule has 0 bridgehead atoms. The van der Waals surface area contributed by atoms with Gasteiger partial charge >= 0.3 is 0 Å². The molecule has 0 aliphatic heterocycles. The molecule has 2 N–H and O–H groups in total. The maximum Gasteiger partial charge on any atom is 0.128 e. The fourth-order valence-electron chi connectivity index (χ4n) is 2.04. The number of halogens is 2. The molecule has 2 nitrogen and oxygen atoms in total. The first kappa shape index (κ1) is 15.2. The molecule has 0 aliphatic rings. The summed E-state index contributed by atoms with van der Waals surface area (Å²) in [5, 5.41) is 0. The number of methoxy groups -OCH3 is 1. The highest BCUT2D eigenvalue weighted by molar-refractivity contribution is 9.10. The minimum absolute atomic E-state index is 0.288. The summed E-state index contributed by atoms with van der Waals surface area (Å²) in [6.07, 6.45) is 0.858. The van der Waals surface area contributed by atoms with Crippen molar-refractivity contribution in [3.8, 4) is 0 Å². The van der Waals surface area contributed by atoms with E-state index in [1.54, 1.807) is 19.2 Å². The average molecular weight is 338 g/mol. The van der Waals surface area contributed by atoms with Crippen LogP contribution in [0.4, 0.5) is 4.39 Å². The van der Waals surface area contributed by atoms with Gasteiger partial charge in [-0.05, 0) is 35.7 Å². The minimum Gasteiger partial charge on any atom is -0.384 e. The zero-order valence-corrected chi connectivity index (χ0v) is 12.9. The van der Waals surface area contributed by atoms with E-state index in [1.165, 1.54) is 11.6 Å². The Balaban J connectivity index is 2.20. The summed E-state index contributed by atoms with van der Waals surface area (Å²) in [6.45, 7) is 0.686. The molecule has 20 heavy (non-hydrogen) atoms. The van der Waals surface area contributed by atoms with Crippen LogP contribution in [-0.2, 0) is 11.2 Å². The maximum atomic E-state index is 13.8. The number of rotatable bonds is 5. The Morgan fingerprint density at radius 3 is 2.55 bits per heavy atom. The largest absolute Gasteiger partial charge is 0.384 e. The summed E-state index contributed by atoms with van der Waals surface area (Å²) in [5.74, 6) is -0.288. The van der Waals surface area contributed by atoms with Crippen molar-refractivity contribution in [2.45, 2.75) is 12.5 Å². The van der Waals surface area contributed by atoms with E-state index in [9.17, 15) is 4.39 Å². The molecule has 0 spiro atoms. The Kier molecular flexibility index (Phi) is 5.29. The lowest BCUT2D eigenvalue weighted by molar-refractivity contribution is 0.202. The monoisotopic (exact) mass is 337 g/mol. The van der Waals surface area contributed by atoms with Crippen molar-refractivity contribution in [3.63, 3.8) is 0 Å². The molecule has 2 aromatic carbocycles. The second-order valence-electron chi connectivity index (χ2n) is 4.63. The van der Waals surface area contributed by atoms with Gasteiger partial charge in [0.05, 0.1) is 12.6 Å². The Hall–Kier alpha value is -1.23. The van der Waals surface area contributed by atoms with Crippen LogP contribution in [-0.4, -0.2) is 13.7 Å². The Bertz CT molecular complexity index is 571. The number of benzene rings is 2. The zero-order chi connectivity index (χ0) is 14.5. The maximum absolute atomic E-state index is 13.8. The van der Waals surface area contributed by atoms with Crippen molar-refractivity contribution in [2.24, 2.45) is 5.73 Å². The van der Waals surface area contributed by atoms with Gasteiger partial charge in [0, 0.05) is 17.1 Å². The van der Waals surface area contributed by atoms with Crippen molar-refractivity contribution < 1.29 is 9.13 Å². The van der Waals surface area contributed by atoms with E-state index in [-0.39, 0.29) is 5.82 Å². The molecule has 0 radical (unpaired) electrons. The first-order chi connectivity index (χ1) is 9.61. The molecular formula is C16H17BrFNO. The lowest BCUT2D eigenvalue weighted by atomic mass is 9.98. The molecular weight excluding hydrogens is 321 g/mol. The van der Waals surface area contributed by atoms with Crippen molar-refractivity contribution in [1.29, 1.82) is 0 Å². The highest BCUT2D eigenvalue weighted by Gasteiger charge is 2.14. The van der Waals surface area contributed by atoms with E-state index in [4.69, 9.17) is 10.5 Å². The highest BCUT2D eigenvalue weighted by Crippen LogP contribution is 2.25. The van der Waals surface area contributed by atoms with Gasteiger partial charge in [0.15, 0.2) is 0 Å². The number of nitrogens with two attached hydrogens (primary N) is 1. The van der Waals surface area contributed by atoms with Gasteiger partial charge in [-0.15, -0.1) is 0 Å². The van der Waals surface area contributed by atoms with Gasteiger partial charge < -0.3 is 10.5 Å². The van der Waals surface area contributed by atoms with E-state index >= 15 is 0 Å². The molecule has 2 aromatic rings. The topological polar surface area (TPSA) is 35.2 Å². The first-order valence-electron chi connectivity index (χ1n) is 6.40. The van der Waals surface area contributed by atoms with Crippen LogP contribution in [0.15, 0.2) is 46.9 Å². The zero-order valence-electron chi connectivity index (χ0n) is 11.3. The van der Waals surface area contributed by atoms with Gasteiger partial charge in [0.25, 0.3) is 0 Å². The molecule has 0 heterocycles. The predicted octanol–water partition coefficient (Wildman–Crippen LogP) is 3.83. The molecule has 1 atom stereocenters. The van der Waals surface area contributed by atoms with E-state index in [0.29, 0.717) is 12.2 Å². The second kappa shape index (κ2) is 6.97. The third kappa shape index (κ3) is 3.66. The molecule has 0 amide bonds. The Morgan fingerprint density at radius 2 is 1.90 bits per heavy atom. The van der Waals surface area contributed by atoms with E-state index < -0.39 is 6.04 Å². The van der Waals surface area contributed by atoms with Crippen LogP contribution in [0, 0.1) is 5.82 Å². The van der Waals surface area contributed by atoms with Gasteiger partial charge in [0.2, 0.25) is 0 Å². The molecule has 106 valence electrons. The normalized spacial score (nSPS) is 12.4. The van der Waals surface area contributed by atoms with E-state index in [2.05, 4.69) is 15.9 Å². The predicted molar refractivity (Wildman–Crippen MR) is 82.2 cm³/mol. The van der Waals surface area contributed by atoms with Gasteiger partial charge in [0.1, 0.15) is 5.82 Å². The summed E-state index contributed by atoms with van der Waals surface area (Å²) >= 11 is 3.34. The Morgan fingerprint density at radius 1 is 1.20 bits per heavy atom. The number of ether oxygens (including phenoxy) is 1. The van der Waals surface area contributed by atoms with Gasteiger partial charge in [-0.3, -0.25) is 0 Å². The van der Waals surface area contributed by atoms with Crippen LogP contribution in [0.3, 0.4) is 0 Å². The standard InChI is InChI=1S/C16H17BrFNO/c1-20-9-8-11-2-4-12(5-3-11)16(19)14-10-13(17)6-7-15(14)18/h2-7,10,16H,8-9,19H2,1H3. The Labute approximate surface area is 126 Å². The van der Waals surface area contributed by atoms with Crippen molar-refractivity contribution in [2.75, 3.05) is 13.7 Å². The molecule has 0 aliphatic carbocycles. The van der Waals surface area contributed by atoms with Crippen LogP contribution in [0.2, 0.25) is 0 Å². The smallest absolute Gasteiger partial charge is 0.128 e. The molecule has 0 saturated carbocycles. The van der Waals surface area contributed by atoms with E-state index in [0.717, 1.165) is 16.5 Å².